The van der Waals surface area contributed by atoms with Gasteiger partial charge in [-0.05, 0) is 32.8 Å². The van der Waals surface area contributed by atoms with Gasteiger partial charge in [-0.15, -0.1) is 0 Å². The van der Waals surface area contributed by atoms with Gasteiger partial charge in [0, 0.05) is 23.7 Å². The Morgan fingerprint density at radius 3 is 2.92 bits per heavy atom. The number of furan rings is 1. The van der Waals surface area contributed by atoms with Gasteiger partial charge >= 0.3 is 5.97 Å². The summed E-state index contributed by atoms with van der Waals surface area (Å²) in [6.45, 7) is 4.03. The SMILES string of the molecule is CC12C=CC3C4(C)CCCC3(C(OC4=O)O1)C2CC(=O)c1ccoc1. The molecule has 132 valence electrons. The Morgan fingerprint density at radius 2 is 2.16 bits per heavy atom. The zero-order chi connectivity index (χ0) is 17.4. The van der Waals surface area contributed by atoms with Crippen molar-refractivity contribution < 1.29 is 23.5 Å². The fraction of sp³-hybridized carbons (Fsp3) is 0.600. The molecule has 5 heteroatoms. The standard InChI is InChI=1S/C20H22O5/c1-18-6-3-7-20-14(18)4-8-19(2,25-17(20)24-16(18)22)15(20)10-13(21)12-5-9-23-11-12/h4-5,8-9,11,14-15,17H,3,6-7,10H2,1-2H3. The topological polar surface area (TPSA) is 65.7 Å². The highest BCUT2D eigenvalue weighted by Crippen LogP contribution is 2.70. The average Bonchev–Trinajstić information content (AvgIpc) is 3.14. The first-order valence-electron chi connectivity index (χ1n) is 9.04. The molecule has 4 aliphatic rings. The van der Waals surface area contributed by atoms with E-state index in [9.17, 15) is 9.59 Å². The average molecular weight is 342 g/mol. The van der Waals surface area contributed by atoms with Crippen LogP contribution in [0.25, 0.3) is 0 Å². The highest BCUT2D eigenvalue weighted by molar-refractivity contribution is 5.96. The van der Waals surface area contributed by atoms with Crippen LogP contribution in [0.2, 0.25) is 0 Å². The molecule has 1 aromatic heterocycles. The molecule has 2 aliphatic carbocycles. The lowest BCUT2D eigenvalue weighted by Crippen LogP contribution is -2.62. The molecule has 6 atom stereocenters. The van der Waals surface area contributed by atoms with E-state index in [1.54, 1.807) is 6.07 Å². The molecular weight excluding hydrogens is 320 g/mol. The van der Waals surface area contributed by atoms with Crippen molar-refractivity contribution in [3.05, 3.63) is 36.3 Å². The molecule has 3 fully saturated rings. The third-order valence-electron chi connectivity index (χ3n) is 7.24. The first kappa shape index (κ1) is 15.4. The number of rotatable bonds is 3. The van der Waals surface area contributed by atoms with Gasteiger partial charge in [-0.1, -0.05) is 18.6 Å². The second-order valence-corrected chi connectivity index (χ2v) is 8.45. The summed E-state index contributed by atoms with van der Waals surface area (Å²) in [7, 11) is 0. The van der Waals surface area contributed by atoms with Gasteiger partial charge in [0.2, 0.25) is 6.29 Å². The Bertz CT molecular complexity index is 780. The largest absolute Gasteiger partial charge is 0.472 e. The molecule has 5 nitrogen and oxygen atoms in total. The summed E-state index contributed by atoms with van der Waals surface area (Å²) in [5.74, 6) is -0.0387. The molecule has 1 spiro atoms. The molecule has 0 aromatic carbocycles. The summed E-state index contributed by atoms with van der Waals surface area (Å²) in [5.41, 5.74) is -0.806. The number of fused-ring (bicyclic) bond motifs is 1. The van der Waals surface area contributed by atoms with Crippen molar-refractivity contribution in [1.82, 2.24) is 0 Å². The molecule has 25 heavy (non-hydrogen) atoms. The summed E-state index contributed by atoms with van der Waals surface area (Å²) < 4.78 is 17.1. The van der Waals surface area contributed by atoms with E-state index in [0.717, 1.165) is 19.3 Å². The van der Waals surface area contributed by atoms with Crippen LogP contribution in [0.4, 0.5) is 0 Å². The van der Waals surface area contributed by atoms with Crippen molar-refractivity contribution in [3.63, 3.8) is 0 Å². The van der Waals surface area contributed by atoms with Gasteiger partial charge in [-0.25, -0.2) is 0 Å². The predicted molar refractivity (Wildman–Crippen MR) is 87.5 cm³/mol. The Labute approximate surface area is 146 Å². The van der Waals surface area contributed by atoms with E-state index in [-0.39, 0.29) is 29.0 Å². The molecular formula is C20H22O5. The number of hydrogen-bond acceptors (Lipinski definition) is 5. The molecule has 0 N–H and O–H groups in total. The lowest BCUT2D eigenvalue weighted by Gasteiger charge is -2.58. The van der Waals surface area contributed by atoms with Gasteiger partial charge in [-0.3, -0.25) is 9.59 Å². The highest BCUT2D eigenvalue weighted by atomic mass is 16.7. The number of ketones is 1. The minimum Gasteiger partial charge on any atom is -0.472 e. The Kier molecular flexibility index (Phi) is 2.85. The second kappa shape index (κ2) is 4.64. The van der Waals surface area contributed by atoms with Gasteiger partial charge in [0.1, 0.15) is 6.26 Å². The van der Waals surface area contributed by atoms with Crippen LogP contribution < -0.4 is 0 Å². The normalized spacial score (nSPS) is 46.8. The van der Waals surface area contributed by atoms with Crippen molar-refractivity contribution >= 4 is 11.8 Å². The van der Waals surface area contributed by atoms with Gasteiger partial charge < -0.3 is 13.9 Å². The summed E-state index contributed by atoms with van der Waals surface area (Å²) in [6, 6.07) is 1.70. The lowest BCUT2D eigenvalue weighted by atomic mass is 9.46. The summed E-state index contributed by atoms with van der Waals surface area (Å²) >= 11 is 0. The van der Waals surface area contributed by atoms with Crippen LogP contribution in [0.3, 0.4) is 0 Å². The number of ether oxygens (including phenoxy) is 2. The quantitative estimate of drug-likeness (QED) is 0.478. The third kappa shape index (κ3) is 1.72. The Morgan fingerprint density at radius 1 is 1.32 bits per heavy atom. The van der Waals surface area contributed by atoms with Gasteiger partial charge in [0.15, 0.2) is 5.78 Å². The molecule has 2 saturated heterocycles. The molecule has 3 heterocycles. The third-order valence-corrected chi connectivity index (χ3v) is 7.24. The Hall–Kier alpha value is -1.88. The number of hydrogen-bond donors (Lipinski definition) is 0. The monoisotopic (exact) mass is 342 g/mol. The van der Waals surface area contributed by atoms with E-state index in [4.69, 9.17) is 13.9 Å². The molecule has 1 saturated carbocycles. The van der Waals surface area contributed by atoms with Gasteiger partial charge in [-0.2, -0.15) is 0 Å². The summed E-state index contributed by atoms with van der Waals surface area (Å²) in [4.78, 5) is 25.5. The first-order valence-corrected chi connectivity index (χ1v) is 9.04. The minimum absolute atomic E-state index is 0.00451. The number of carbonyl (C=O) groups excluding carboxylic acids is 2. The van der Waals surface area contributed by atoms with E-state index in [0.29, 0.717) is 12.0 Å². The van der Waals surface area contributed by atoms with Crippen molar-refractivity contribution in [3.8, 4) is 0 Å². The van der Waals surface area contributed by atoms with Crippen LogP contribution in [0.15, 0.2) is 35.2 Å². The lowest BCUT2D eigenvalue weighted by molar-refractivity contribution is -0.248. The maximum atomic E-state index is 12.8. The molecule has 6 unspecified atom stereocenters. The molecule has 1 aromatic rings. The summed E-state index contributed by atoms with van der Waals surface area (Å²) in [6.07, 6.45) is 9.78. The maximum absolute atomic E-state index is 12.8. The molecule has 0 amide bonds. The van der Waals surface area contributed by atoms with E-state index in [1.165, 1.54) is 12.5 Å². The highest BCUT2D eigenvalue weighted by Gasteiger charge is 2.74. The molecule has 5 rings (SSSR count). The first-order chi connectivity index (χ1) is 11.9. The van der Waals surface area contributed by atoms with E-state index < -0.39 is 17.3 Å². The summed E-state index contributed by atoms with van der Waals surface area (Å²) in [5, 5.41) is 0. The number of allylic oxidation sites excluding steroid dienone is 1. The van der Waals surface area contributed by atoms with Crippen LogP contribution in [-0.2, 0) is 14.3 Å². The fourth-order valence-corrected chi connectivity index (χ4v) is 5.99. The van der Waals surface area contributed by atoms with Crippen LogP contribution in [0.5, 0.6) is 0 Å². The minimum atomic E-state index is -0.580. The number of Topliss-reactive ketones (excluding diaryl/α,β-unsaturated/α-hetero) is 1. The van der Waals surface area contributed by atoms with Crippen molar-refractivity contribution in [2.24, 2.45) is 22.7 Å². The van der Waals surface area contributed by atoms with Crippen molar-refractivity contribution in [2.45, 2.75) is 51.4 Å². The van der Waals surface area contributed by atoms with Gasteiger partial charge in [0.25, 0.3) is 0 Å². The molecule has 2 aliphatic heterocycles. The number of carbonyl (C=O) groups is 2. The van der Waals surface area contributed by atoms with E-state index >= 15 is 0 Å². The second-order valence-electron chi connectivity index (χ2n) is 8.45. The van der Waals surface area contributed by atoms with Crippen molar-refractivity contribution in [2.75, 3.05) is 0 Å². The zero-order valence-electron chi connectivity index (χ0n) is 14.5. The maximum Gasteiger partial charge on any atom is 0.314 e. The van der Waals surface area contributed by atoms with Crippen LogP contribution in [0.1, 0.15) is 49.9 Å². The van der Waals surface area contributed by atoms with Crippen LogP contribution in [0, 0.1) is 22.7 Å². The van der Waals surface area contributed by atoms with E-state index in [1.807, 2.05) is 13.8 Å². The fourth-order valence-electron chi connectivity index (χ4n) is 5.99. The zero-order valence-corrected chi connectivity index (χ0v) is 14.5. The predicted octanol–water partition coefficient (Wildman–Crippen LogP) is 3.50. The van der Waals surface area contributed by atoms with E-state index in [2.05, 4.69) is 12.2 Å². The van der Waals surface area contributed by atoms with Gasteiger partial charge in [0.05, 0.1) is 22.8 Å². The smallest absolute Gasteiger partial charge is 0.314 e. The van der Waals surface area contributed by atoms with Crippen molar-refractivity contribution in [1.29, 1.82) is 0 Å². The number of esters is 1. The van der Waals surface area contributed by atoms with Crippen LogP contribution in [-0.4, -0.2) is 23.6 Å². The van der Waals surface area contributed by atoms with Crippen LogP contribution >= 0.6 is 0 Å². The molecule has 3 bridgehead atoms. The molecule has 0 radical (unpaired) electrons. The Balaban J connectivity index is 1.60.